The summed E-state index contributed by atoms with van der Waals surface area (Å²) in [6, 6.07) is 15.6. The highest BCUT2D eigenvalue weighted by Gasteiger charge is 2.22. The third-order valence-electron chi connectivity index (χ3n) is 4.07. The van der Waals surface area contributed by atoms with Crippen LogP contribution in [-0.2, 0) is 11.2 Å². The van der Waals surface area contributed by atoms with Crippen molar-refractivity contribution in [2.24, 2.45) is 0 Å². The number of fused-ring (bicyclic) bond motifs is 1. The molecule has 4 nitrogen and oxygen atoms in total. The lowest BCUT2D eigenvalue weighted by atomic mass is 10.0. The number of amides is 1. The van der Waals surface area contributed by atoms with Gasteiger partial charge in [0.1, 0.15) is 0 Å². The average molecular weight is 325 g/mol. The van der Waals surface area contributed by atoms with Crippen molar-refractivity contribution in [2.75, 3.05) is 24.7 Å². The summed E-state index contributed by atoms with van der Waals surface area (Å²) in [5, 5.41) is 0. The predicted octanol–water partition coefficient (Wildman–Crippen LogP) is 3.83. The molecule has 4 heteroatoms. The standard InChI is InChI=1S/C20H23NO3/c1-2-14-23-18-11-5-6-12-19(18)24-15-20(22)21-13-7-9-16-8-3-4-10-17(16)21/h3-6,8,10-12H,2,7,9,13-15H2,1H3. The van der Waals surface area contributed by atoms with E-state index in [1.54, 1.807) is 0 Å². The van der Waals surface area contributed by atoms with Gasteiger partial charge in [0, 0.05) is 12.2 Å². The van der Waals surface area contributed by atoms with E-state index in [4.69, 9.17) is 9.47 Å². The number of aryl methyl sites for hydroxylation is 1. The number of anilines is 1. The minimum atomic E-state index is -0.0209. The van der Waals surface area contributed by atoms with Crippen molar-refractivity contribution < 1.29 is 14.3 Å². The van der Waals surface area contributed by atoms with Crippen LogP contribution in [0, 0.1) is 0 Å². The Kier molecular flexibility index (Phi) is 5.36. The first-order valence-electron chi connectivity index (χ1n) is 8.52. The second kappa shape index (κ2) is 7.86. The number of carbonyl (C=O) groups excluding carboxylic acids is 1. The summed E-state index contributed by atoms with van der Waals surface area (Å²) >= 11 is 0. The molecule has 0 fully saturated rings. The van der Waals surface area contributed by atoms with Crippen LogP contribution >= 0.6 is 0 Å². The lowest BCUT2D eigenvalue weighted by Crippen LogP contribution is -2.38. The quantitative estimate of drug-likeness (QED) is 0.810. The molecule has 1 aliphatic heterocycles. The minimum absolute atomic E-state index is 0.0147. The zero-order chi connectivity index (χ0) is 16.8. The molecule has 0 saturated carbocycles. The normalized spacial score (nSPS) is 13.3. The van der Waals surface area contributed by atoms with Crippen LogP contribution in [-0.4, -0.2) is 25.7 Å². The molecule has 2 aromatic carbocycles. The molecular weight excluding hydrogens is 302 g/mol. The molecule has 0 aliphatic carbocycles. The van der Waals surface area contributed by atoms with E-state index in [0.29, 0.717) is 18.1 Å². The third-order valence-corrected chi connectivity index (χ3v) is 4.07. The van der Waals surface area contributed by atoms with Crippen LogP contribution in [0.4, 0.5) is 5.69 Å². The SMILES string of the molecule is CCCOc1ccccc1OCC(=O)N1CCCc2ccccc21. The van der Waals surface area contributed by atoms with Crippen molar-refractivity contribution in [1.82, 2.24) is 0 Å². The summed E-state index contributed by atoms with van der Waals surface area (Å²) in [6.45, 7) is 3.45. The van der Waals surface area contributed by atoms with E-state index in [9.17, 15) is 4.79 Å². The predicted molar refractivity (Wildman–Crippen MR) is 94.8 cm³/mol. The summed E-state index contributed by atoms with van der Waals surface area (Å²) in [5.41, 5.74) is 2.23. The van der Waals surface area contributed by atoms with Gasteiger partial charge in [0.15, 0.2) is 18.1 Å². The Balaban J connectivity index is 1.67. The van der Waals surface area contributed by atoms with Gasteiger partial charge in [-0.2, -0.15) is 0 Å². The molecule has 24 heavy (non-hydrogen) atoms. The first kappa shape index (κ1) is 16.4. The molecule has 0 radical (unpaired) electrons. The lowest BCUT2D eigenvalue weighted by molar-refractivity contribution is -0.120. The Morgan fingerprint density at radius 1 is 1.04 bits per heavy atom. The van der Waals surface area contributed by atoms with E-state index >= 15 is 0 Å². The Hall–Kier alpha value is -2.49. The van der Waals surface area contributed by atoms with Crippen LogP contribution in [0.15, 0.2) is 48.5 Å². The molecule has 1 amide bonds. The van der Waals surface area contributed by atoms with E-state index < -0.39 is 0 Å². The van der Waals surface area contributed by atoms with E-state index in [0.717, 1.165) is 31.5 Å². The number of ether oxygens (including phenoxy) is 2. The average Bonchev–Trinajstić information content (AvgIpc) is 2.64. The fourth-order valence-corrected chi connectivity index (χ4v) is 2.91. The second-order valence-electron chi connectivity index (χ2n) is 5.86. The minimum Gasteiger partial charge on any atom is -0.490 e. The molecule has 0 N–H and O–H groups in total. The molecule has 0 atom stereocenters. The van der Waals surface area contributed by atoms with Crippen LogP contribution < -0.4 is 14.4 Å². The number of rotatable bonds is 6. The largest absolute Gasteiger partial charge is 0.490 e. The van der Waals surface area contributed by atoms with Gasteiger partial charge in [0.2, 0.25) is 0 Å². The molecule has 0 unspecified atom stereocenters. The van der Waals surface area contributed by atoms with Gasteiger partial charge < -0.3 is 14.4 Å². The van der Waals surface area contributed by atoms with E-state index in [1.165, 1.54) is 5.56 Å². The molecule has 2 aromatic rings. The summed E-state index contributed by atoms with van der Waals surface area (Å²) in [7, 11) is 0. The first-order valence-corrected chi connectivity index (χ1v) is 8.52. The number of nitrogens with zero attached hydrogens (tertiary/aromatic N) is 1. The number of carbonyl (C=O) groups is 1. The second-order valence-corrected chi connectivity index (χ2v) is 5.86. The summed E-state index contributed by atoms with van der Waals surface area (Å²) in [6.07, 6.45) is 2.94. The van der Waals surface area contributed by atoms with Crippen LogP contribution in [0.2, 0.25) is 0 Å². The summed E-state index contributed by atoms with van der Waals surface area (Å²) in [4.78, 5) is 14.4. The molecule has 0 spiro atoms. The van der Waals surface area contributed by atoms with Gasteiger partial charge in [-0.25, -0.2) is 0 Å². The maximum atomic E-state index is 12.6. The van der Waals surface area contributed by atoms with Gasteiger partial charge >= 0.3 is 0 Å². The van der Waals surface area contributed by atoms with Gasteiger partial charge in [0.25, 0.3) is 5.91 Å². The van der Waals surface area contributed by atoms with E-state index in [1.807, 2.05) is 47.4 Å². The first-order chi connectivity index (χ1) is 11.8. The lowest BCUT2D eigenvalue weighted by Gasteiger charge is -2.29. The van der Waals surface area contributed by atoms with Crippen molar-refractivity contribution in [3.63, 3.8) is 0 Å². The smallest absolute Gasteiger partial charge is 0.264 e. The molecule has 0 bridgehead atoms. The Morgan fingerprint density at radius 2 is 1.75 bits per heavy atom. The van der Waals surface area contributed by atoms with E-state index in [-0.39, 0.29) is 12.5 Å². The number of hydrogen-bond acceptors (Lipinski definition) is 3. The monoisotopic (exact) mass is 325 g/mol. The van der Waals surface area contributed by atoms with E-state index in [2.05, 4.69) is 13.0 Å². The Labute approximate surface area is 143 Å². The van der Waals surface area contributed by atoms with Crippen LogP contribution in [0.25, 0.3) is 0 Å². The van der Waals surface area contributed by atoms with Gasteiger partial charge in [0.05, 0.1) is 6.61 Å². The zero-order valence-electron chi connectivity index (χ0n) is 14.0. The van der Waals surface area contributed by atoms with Crippen molar-refractivity contribution in [3.8, 4) is 11.5 Å². The van der Waals surface area contributed by atoms with Crippen LogP contribution in [0.5, 0.6) is 11.5 Å². The topological polar surface area (TPSA) is 38.8 Å². The molecule has 1 aliphatic rings. The number of benzene rings is 2. The Morgan fingerprint density at radius 3 is 2.54 bits per heavy atom. The van der Waals surface area contributed by atoms with Gasteiger partial charge in [-0.05, 0) is 43.0 Å². The van der Waals surface area contributed by atoms with Crippen LogP contribution in [0.1, 0.15) is 25.3 Å². The number of hydrogen-bond donors (Lipinski definition) is 0. The van der Waals surface area contributed by atoms with Crippen molar-refractivity contribution in [1.29, 1.82) is 0 Å². The van der Waals surface area contributed by atoms with Gasteiger partial charge in [-0.3, -0.25) is 4.79 Å². The Bertz CT molecular complexity index is 699. The highest BCUT2D eigenvalue weighted by Crippen LogP contribution is 2.29. The summed E-state index contributed by atoms with van der Waals surface area (Å²) < 4.78 is 11.4. The van der Waals surface area contributed by atoms with Gasteiger partial charge in [-0.1, -0.05) is 37.3 Å². The number of para-hydroxylation sites is 3. The third kappa shape index (κ3) is 3.70. The van der Waals surface area contributed by atoms with Crippen LogP contribution in [0.3, 0.4) is 0 Å². The van der Waals surface area contributed by atoms with Gasteiger partial charge in [-0.15, -0.1) is 0 Å². The fraction of sp³-hybridized carbons (Fsp3) is 0.350. The molecule has 126 valence electrons. The molecule has 0 saturated heterocycles. The highest BCUT2D eigenvalue weighted by molar-refractivity contribution is 5.95. The molecule has 1 heterocycles. The highest BCUT2D eigenvalue weighted by atomic mass is 16.5. The molecular formula is C20H23NO3. The van der Waals surface area contributed by atoms with Crippen molar-refractivity contribution in [2.45, 2.75) is 26.2 Å². The molecule has 3 rings (SSSR count). The van der Waals surface area contributed by atoms with Crippen molar-refractivity contribution in [3.05, 3.63) is 54.1 Å². The maximum Gasteiger partial charge on any atom is 0.264 e. The zero-order valence-corrected chi connectivity index (χ0v) is 14.0. The van der Waals surface area contributed by atoms with Crippen molar-refractivity contribution >= 4 is 11.6 Å². The summed E-state index contributed by atoms with van der Waals surface area (Å²) in [5.74, 6) is 1.28. The fourth-order valence-electron chi connectivity index (χ4n) is 2.91. The maximum absolute atomic E-state index is 12.6. The molecule has 0 aromatic heterocycles.